The lowest BCUT2D eigenvalue weighted by molar-refractivity contribution is -0.119. The number of carbonyl (C=O) groups excluding carboxylic acids is 1. The van der Waals surface area contributed by atoms with Gasteiger partial charge in [-0.15, -0.1) is 0 Å². The average Bonchev–Trinajstić information content (AvgIpc) is 2.80. The van der Waals surface area contributed by atoms with Crippen LogP contribution in [0.3, 0.4) is 0 Å². The predicted molar refractivity (Wildman–Crippen MR) is 120 cm³/mol. The Kier molecular flexibility index (Phi) is 5.79. The van der Waals surface area contributed by atoms with Gasteiger partial charge < -0.3 is 5.32 Å². The summed E-state index contributed by atoms with van der Waals surface area (Å²) < 4.78 is 1.37. The number of nitrogens with zero attached hydrogens (tertiary/aromatic N) is 2. The van der Waals surface area contributed by atoms with Crippen molar-refractivity contribution >= 4 is 11.6 Å². The molecule has 3 aromatic rings. The lowest BCUT2D eigenvalue weighted by atomic mass is 9.89. The molecule has 1 heterocycles. The molecule has 1 N–H and O–H groups in total. The van der Waals surface area contributed by atoms with Crippen LogP contribution < -0.4 is 10.9 Å². The van der Waals surface area contributed by atoms with Gasteiger partial charge in [-0.1, -0.05) is 55.5 Å². The first-order chi connectivity index (χ1) is 14.6. The summed E-state index contributed by atoms with van der Waals surface area (Å²) in [6.45, 7) is 3.79. The van der Waals surface area contributed by atoms with Gasteiger partial charge in [-0.3, -0.25) is 9.59 Å². The molecular formula is C25H27N3O2. The summed E-state index contributed by atoms with van der Waals surface area (Å²) in [5.74, 6) is -0.236. The third-order valence-electron chi connectivity index (χ3n) is 5.88. The molecule has 1 amide bonds. The number of benzene rings is 2. The van der Waals surface area contributed by atoms with Gasteiger partial charge in [0.2, 0.25) is 5.91 Å². The Morgan fingerprint density at radius 3 is 2.43 bits per heavy atom. The maximum Gasteiger partial charge on any atom is 0.271 e. The number of rotatable bonds is 5. The second-order valence-corrected chi connectivity index (χ2v) is 7.80. The fourth-order valence-corrected chi connectivity index (χ4v) is 4.14. The highest BCUT2D eigenvalue weighted by Gasteiger charge is 2.25. The monoisotopic (exact) mass is 401 g/mol. The number of hydrogen-bond donors (Lipinski definition) is 1. The molecule has 0 radical (unpaired) electrons. The molecule has 0 aliphatic heterocycles. The Balaban J connectivity index is 1.75. The number of aryl methyl sites for hydroxylation is 1. The Labute approximate surface area is 176 Å². The van der Waals surface area contributed by atoms with Gasteiger partial charge in [-0.25, -0.2) is 4.68 Å². The quantitative estimate of drug-likeness (QED) is 0.682. The van der Waals surface area contributed by atoms with Crippen LogP contribution in [0.4, 0.5) is 5.69 Å². The molecule has 1 atom stereocenters. The molecule has 154 valence electrons. The zero-order chi connectivity index (χ0) is 21.1. The van der Waals surface area contributed by atoms with Crippen LogP contribution in [-0.2, 0) is 24.1 Å². The van der Waals surface area contributed by atoms with Gasteiger partial charge in [0.15, 0.2) is 0 Å². The van der Waals surface area contributed by atoms with Crippen molar-refractivity contribution in [3.63, 3.8) is 0 Å². The van der Waals surface area contributed by atoms with E-state index < -0.39 is 6.04 Å². The van der Waals surface area contributed by atoms with E-state index >= 15 is 0 Å². The van der Waals surface area contributed by atoms with E-state index in [0.717, 1.165) is 65.7 Å². The van der Waals surface area contributed by atoms with E-state index in [0.29, 0.717) is 0 Å². The van der Waals surface area contributed by atoms with Crippen molar-refractivity contribution in [3.8, 4) is 11.3 Å². The van der Waals surface area contributed by atoms with Crippen LogP contribution in [-0.4, -0.2) is 15.7 Å². The highest BCUT2D eigenvalue weighted by molar-refractivity contribution is 5.94. The predicted octanol–water partition coefficient (Wildman–Crippen LogP) is 4.55. The third kappa shape index (κ3) is 3.80. The van der Waals surface area contributed by atoms with E-state index in [-0.39, 0.29) is 11.5 Å². The van der Waals surface area contributed by atoms with Crippen LogP contribution in [0, 0.1) is 0 Å². The molecule has 0 spiro atoms. The molecule has 0 fully saturated rings. The number of nitrogens with one attached hydrogen (secondary N) is 1. The zero-order valence-corrected chi connectivity index (χ0v) is 17.5. The standard InChI is InChI=1S/C25H27N3O2/c1-3-18-11-7-10-16-22(18)26-24(29)17(2)28-25(30)21-15-9-8-14-20(21)23(27-28)19-12-5-4-6-13-19/h4-7,10-13,16-17H,3,8-9,14-15H2,1-2H3,(H,26,29). The number of fused-ring (bicyclic) bond motifs is 1. The Morgan fingerprint density at radius 1 is 1.03 bits per heavy atom. The average molecular weight is 402 g/mol. The molecule has 1 aromatic heterocycles. The van der Waals surface area contributed by atoms with E-state index in [9.17, 15) is 9.59 Å². The van der Waals surface area contributed by atoms with Crippen LogP contribution in [0.25, 0.3) is 11.3 Å². The van der Waals surface area contributed by atoms with Gasteiger partial charge in [0.1, 0.15) is 6.04 Å². The van der Waals surface area contributed by atoms with Crippen molar-refractivity contribution in [2.45, 2.75) is 52.0 Å². The molecule has 0 saturated carbocycles. The van der Waals surface area contributed by atoms with E-state index in [4.69, 9.17) is 5.10 Å². The van der Waals surface area contributed by atoms with Crippen molar-refractivity contribution < 1.29 is 4.79 Å². The van der Waals surface area contributed by atoms with Crippen LogP contribution in [0.1, 0.15) is 49.4 Å². The van der Waals surface area contributed by atoms with Gasteiger partial charge in [0.05, 0.1) is 5.69 Å². The fourth-order valence-electron chi connectivity index (χ4n) is 4.14. The van der Waals surface area contributed by atoms with Gasteiger partial charge in [0, 0.05) is 16.8 Å². The molecule has 2 aromatic carbocycles. The van der Waals surface area contributed by atoms with Crippen molar-refractivity contribution in [1.82, 2.24) is 9.78 Å². The number of amides is 1. The molecule has 0 saturated heterocycles. The summed E-state index contributed by atoms with van der Waals surface area (Å²) in [5.41, 5.74) is 5.35. The molecule has 30 heavy (non-hydrogen) atoms. The summed E-state index contributed by atoms with van der Waals surface area (Å²) in [7, 11) is 0. The van der Waals surface area contributed by atoms with Crippen molar-refractivity contribution in [2.24, 2.45) is 0 Å². The SMILES string of the molecule is CCc1ccccc1NC(=O)C(C)n1nc(-c2ccccc2)c2c(c1=O)CCCC2. The molecule has 1 unspecified atom stereocenters. The van der Waals surface area contributed by atoms with E-state index in [2.05, 4.69) is 12.2 Å². The van der Waals surface area contributed by atoms with Crippen LogP contribution in [0.2, 0.25) is 0 Å². The molecule has 5 nitrogen and oxygen atoms in total. The van der Waals surface area contributed by atoms with Crippen LogP contribution >= 0.6 is 0 Å². The topological polar surface area (TPSA) is 64.0 Å². The first kappa shape index (κ1) is 20.1. The largest absolute Gasteiger partial charge is 0.324 e. The summed E-state index contributed by atoms with van der Waals surface area (Å²) in [4.78, 5) is 26.3. The maximum atomic E-state index is 13.2. The number of aromatic nitrogens is 2. The van der Waals surface area contributed by atoms with Gasteiger partial charge in [-0.2, -0.15) is 5.10 Å². The molecular weight excluding hydrogens is 374 g/mol. The molecule has 1 aliphatic carbocycles. The lowest BCUT2D eigenvalue weighted by Crippen LogP contribution is -2.37. The van der Waals surface area contributed by atoms with Crippen molar-refractivity contribution in [1.29, 1.82) is 0 Å². The second kappa shape index (κ2) is 8.66. The van der Waals surface area contributed by atoms with E-state index in [1.54, 1.807) is 6.92 Å². The second-order valence-electron chi connectivity index (χ2n) is 7.80. The Bertz CT molecular complexity index is 1120. The minimum atomic E-state index is -0.711. The number of anilines is 1. The summed E-state index contributed by atoms with van der Waals surface area (Å²) in [6, 6.07) is 17.0. The minimum Gasteiger partial charge on any atom is -0.324 e. The highest BCUT2D eigenvalue weighted by atomic mass is 16.2. The van der Waals surface area contributed by atoms with Crippen molar-refractivity contribution in [2.75, 3.05) is 5.32 Å². The minimum absolute atomic E-state index is 0.143. The van der Waals surface area contributed by atoms with Crippen LogP contribution in [0.15, 0.2) is 59.4 Å². The Hall–Kier alpha value is -3.21. The number of hydrogen-bond acceptors (Lipinski definition) is 3. The molecule has 4 rings (SSSR count). The van der Waals surface area contributed by atoms with E-state index in [1.165, 1.54) is 4.68 Å². The first-order valence-corrected chi connectivity index (χ1v) is 10.7. The summed E-state index contributed by atoms with van der Waals surface area (Å²) in [6.07, 6.45) is 4.46. The smallest absolute Gasteiger partial charge is 0.271 e. The maximum absolute atomic E-state index is 13.2. The van der Waals surface area contributed by atoms with Crippen LogP contribution in [0.5, 0.6) is 0 Å². The highest BCUT2D eigenvalue weighted by Crippen LogP contribution is 2.28. The Morgan fingerprint density at radius 2 is 1.70 bits per heavy atom. The van der Waals surface area contributed by atoms with Gasteiger partial charge in [-0.05, 0) is 56.2 Å². The molecule has 0 bridgehead atoms. The van der Waals surface area contributed by atoms with E-state index in [1.807, 2.05) is 54.6 Å². The zero-order valence-electron chi connectivity index (χ0n) is 17.5. The first-order valence-electron chi connectivity index (χ1n) is 10.7. The lowest BCUT2D eigenvalue weighted by Gasteiger charge is -2.23. The summed E-state index contributed by atoms with van der Waals surface area (Å²) in [5, 5.41) is 7.69. The number of para-hydroxylation sites is 1. The molecule has 1 aliphatic rings. The summed E-state index contributed by atoms with van der Waals surface area (Å²) >= 11 is 0. The van der Waals surface area contributed by atoms with Gasteiger partial charge >= 0.3 is 0 Å². The van der Waals surface area contributed by atoms with Gasteiger partial charge in [0.25, 0.3) is 5.56 Å². The molecule has 5 heteroatoms. The van der Waals surface area contributed by atoms with Crippen molar-refractivity contribution in [3.05, 3.63) is 81.6 Å². The number of carbonyl (C=O) groups is 1. The normalized spacial score (nSPS) is 14.1. The third-order valence-corrected chi connectivity index (χ3v) is 5.88. The fraction of sp³-hybridized carbons (Fsp3) is 0.320.